The maximum absolute atomic E-state index is 12.5. The maximum Gasteiger partial charge on any atom is 0.254 e. The molecule has 17 heavy (non-hydrogen) atoms. The van der Waals surface area contributed by atoms with Gasteiger partial charge >= 0.3 is 0 Å². The van der Waals surface area contributed by atoms with Crippen molar-refractivity contribution in [2.24, 2.45) is 0 Å². The van der Waals surface area contributed by atoms with Gasteiger partial charge in [0.1, 0.15) is 0 Å². The summed E-state index contributed by atoms with van der Waals surface area (Å²) in [5.41, 5.74) is 1.84. The van der Waals surface area contributed by atoms with Gasteiger partial charge in [0.05, 0.1) is 0 Å². The molecule has 0 bridgehead atoms. The normalized spacial score (nSPS) is 14.8. The molecule has 0 unspecified atom stereocenters. The summed E-state index contributed by atoms with van der Waals surface area (Å²) in [4.78, 5) is 15.4. The first kappa shape index (κ1) is 12.5. The van der Waals surface area contributed by atoms with Crippen LogP contribution in [0.4, 0.5) is 0 Å². The zero-order valence-corrected chi connectivity index (χ0v) is 11.3. The second kappa shape index (κ2) is 5.13. The summed E-state index contributed by atoms with van der Waals surface area (Å²) in [6.07, 6.45) is 3.33. The minimum absolute atomic E-state index is 0.169. The van der Waals surface area contributed by atoms with Crippen molar-refractivity contribution in [3.63, 3.8) is 0 Å². The number of amides is 1. The molecule has 0 radical (unpaired) electrons. The number of hydrogen-bond acceptors (Lipinski definition) is 2. The first-order valence-corrected chi connectivity index (χ1v) is 6.68. The van der Waals surface area contributed by atoms with Crippen molar-refractivity contribution in [2.75, 3.05) is 6.54 Å². The quantitative estimate of drug-likeness (QED) is 0.812. The van der Waals surface area contributed by atoms with Gasteiger partial charge in [-0.1, -0.05) is 13.0 Å². The predicted molar refractivity (Wildman–Crippen MR) is 72.8 cm³/mol. The topological polar surface area (TPSA) is 20.3 Å². The van der Waals surface area contributed by atoms with Gasteiger partial charge in [-0.05, 0) is 43.9 Å². The van der Waals surface area contributed by atoms with Crippen LogP contribution in [0.2, 0.25) is 0 Å². The van der Waals surface area contributed by atoms with Crippen molar-refractivity contribution in [3.8, 4) is 0 Å². The lowest BCUT2D eigenvalue weighted by atomic mass is 10.1. The van der Waals surface area contributed by atoms with Crippen molar-refractivity contribution in [3.05, 3.63) is 29.3 Å². The molecule has 92 valence electrons. The van der Waals surface area contributed by atoms with Gasteiger partial charge in [0.25, 0.3) is 5.91 Å². The first-order valence-electron chi connectivity index (χ1n) is 6.24. The Morgan fingerprint density at radius 1 is 1.47 bits per heavy atom. The molecular formula is C14H19NOS. The van der Waals surface area contributed by atoms with E-state index < -0.39 is 0 Å². The first-order chi connectivity index (χ1) is 8.13. The summed E-state index contributed by atoms with van der Waals surface area (Å²) in [6, 6.07) is 6.25. The van der Waals surface area contributed by atoms with Gasteiger partial charge in [0.2, 0.25) is 0 Å². The number of nitrogens with zero attached hydrogens (tertiary/aromatic N) is 1. The highest BCUT2D eigenvalue weighted by atomic mass is 32.1. The number of thiol groups is 1. The van der Waals surface area contributed by atoms with Gasteiger partial charge in [0, 0.05) is 23.0 Å². The molecule has 2 rings (SSSR count). The lowest BCUT2D eigenvalue weighted by Gasteiger charge is -2.22. The number of benzene rings is 1. The number of aryl methyl sites for hydroxylation is 1. The smallest absolute Gasteiger partial charge is 0.254 e. The lowest BCUT2D eigenvalue weighted by molar-refractivity contribution is 0.0742. The van der Waals surface area contributed by atoms with Crippen LogP contribution in [0.25, 0.3) is 0 Å². The Kier molecular flexibility index (Phi) is 3.77. The highest BCUT2D eigenvalue weighted by molar-refractivity contribution is 7.80. The van der Waals surface area contributed by atoms with Crippen LogP contribution in [0.1, 0.15) is 42.1 Å². The summed E-state index contributed by atoms with van der Waals surface area (Å²) in [5.74, 6) is 0.169. The fourth-order valence-electron chi connectivity index (χ4n) is 2.07. The van der Waals surface area contributed by atoms with E-state index in [9.17, 15) is 4.79 Å². The number of carbonyl (C=O) groups is 1. The highest BCUT2D eigenvalue weighted by Gasteiger charge is 2.32. The van der Waals surface area contributed by atoms with Crippen LogP contribution in [0.5, 0.6) is 0 Å². The number of rotatable bonds is 4. The van der Waals surface area contributed by atoms with E-state index in [0.717, 1.165) is 41.8 Å². The fraction of sp³-hybridized carbons (Fsp3) is 0.500. The molecule has 1 amide bonds. The third-order valence-electron chi connectivity index (χ3n) is 3.16. The van der Waals surface area contributed by atoms with Crippen LogP contribution < -0.4 is 0 Å². The Morgan fingerprint density at radius 2 is 2.18 bits per heavy atom. The summed E-state index contributed by atoms with van der Waals surface area (Å²) in [7, 11) is 0. The molecule has 2 nitrogen and oxygen atoms in total. The SMILES string of the molecule is CCCN(C(=O)c1cc(S)ccc1C)C1CC1. The standard InChI is InChI=1S/C14H19NOS/c1-3-8-15(11-5-6-11)14(16)13-9-12(17)7-4-10(13)2/h4,7,9,11,17H,3,5-6,8H2,1-2H3. The summed E-state index contributed by atoms with van der Waals surface area (Å²) in [5, 5.41) is 0. The number of carbonyl (C=O) groups excluding carboxylic acids is 1. The molecule has 0 aliphatic heterocycles. The predicted octanol–water partition coefficient (Wildman–Crippen LogP) is 3.30. The third-order valence-corrected chi connectivity index (χ3v) is 3.44. The van der Waals surface area contributed by atoms with Crippen LogP contribution in [-0.4, -0.2) is 23.4 Å². The molecule has 1 aliphatic rings. The average Bonchev–Trinajstić information content (AvgIpc) is 3.12. The van der Waals surface area contributed by atoms with E-state index >= 15 is 0 Å². The average molecular weight is 249 g/mol. The molecule has 0 heterocycles. The van der Waals surface area contributed by atoms with Crippen molar-refractivity contribution >= 4 is 18.5 Å². The van der Waals surface area contributed by atoms with Crippen LogP contribution in [0, 0.1) is 6.92 Å². The molecular weight excluding hydrogens is 230 g/mol. The summed E-state index contributed by atoms with van der Waals surface area (Å²) in [6.45, 7) is 4.96. The Labute approximate surface area is 108 Å². The minimum atomic E-state index is 0.169. The molecule has 0 N–H and O–H groups in total. The van der Waals surface area contributed by atoms with E-state index in [1.54, 1.807) is 0 Å². The van der Waals surface area contributed by atoms with Crippen LogP contribution in [0.15, 0.2) is 23.1 Å². The molecule has 3 heteroatoms. The van der Waals surface area contributed by atoms with Crippen molar-refractivity contribution in [1.29, 1.82) is 0 Å². The van der Waals surface area contributed by atoms with E-state index in [-0.39, 0.29) is 5.91 Å². The van der Waals surface area contributed by atoms with E-state index in [2.05, 4.69) is 19.6 Å². The largest absolute Gasteiger partial charge is 0.336 e. The lowest BCUT2D eigenvalue weighted by Crippen LogP contribution is -2.34. The zero-order chi connectivity index (χ0) is 12.4. The molecule has 0 saturated heterocycles. The Balaban J connectivity index is 2.24. The summed E-state index contributed by atoms with van der Waals surface area (Å²) < 4.78 is 0. The second-order valence-electron chi connectivity index (χ2n) is 4.73. The monoisotopic (exact) mass is 249 g/mol. The van der Waals surface area contributed by atoms with Crippen molar-refractivity contribution in [1.82, 2.24) is 4.90 Å². The molecule has 0 atom stereocenters. The van der Waals surface area contributed by atoms with E-state index in [0.29, 0.717) is 6.04 Å². The Morgan fingerprint density at radius 3 is 2.76 bits per heavy atom. The van der Waals surface area contributed by atoms with Crippen LogP contribution >= 0.6 is 12.6 Å². The van der Waals surface area contributed by atoms with Crippen LogP contribution in [-0.2, 0) is 0 Å². The van der Waals surface area contributed by atoms with E-state index in [1.807, 2.05) is 30.0 Å². The second-order valence-corrected chi connectivity index (χ2v) is 5.25. The molecule has 0 aromatic heterocycles. The highest BCUT2D eigenvalue weighted by Crippen LogP contribution is 2.29. The minimum Gasteiger partial charge on any atom is -0.336 e. The Bertz CT molecular complexity index is 426. The molecule has 1 aliphatic carbocycles. The van der Waals surface area contributed by atoms with Gasteiger partial charge in [-0.3, -0.25) is 4.79 Å². The van der Waals surface area contributed by atoms with Gasteiger partial charge in [-0.25, -0.2) is 0 Å². The van der Waals surface area contributed by atoms with Gasteiger partial charge in [0.15, 0.2) is 0 Å². The van der Waals surface area contributed by atoms with Gasteiger partial charge < -0.3 is 4.90 Å². The summed E-state index contributed by atoms with van der Waals surface area (Å²) >= 11 is 4.31. The molecule has 1 aromatic rings. The van der Waals surface area contributed by atoms with E-state index in [4.69, 9.17) is 0 Å². The molecule has 1 aromatic carbocycles. The van der Waals surface area contributed by atoms with Gasteiger partial charge in [-0.2, -0.15) is 0 Å². The Hall–Kier alpha value is -0.960. The van der Waals surface area contributed by atoms with Crippen LogP contribution in [0.3, 0.4) is 0 Å². The van der Waals surface area contributed by atoms with Crippen molar-refractivity contribution in [2.45, 2.75) is 44.0 Å². The number of hydrogen-bond donors (Lipinski definition) is 1. The molecule has 1 saturated carbocycles. The van der Waals surface area contributed by atoms with Crippen molar-refractivity contribution < 1.29 is 4.79 Å². The molecule has 0 spiro atoms. The van der Waals surface area contributed by atoms with Gasteiger partial charge in [-0.15, -0.1) is 12.6 Å². The van der Waals surface area contributed by atoms with E-state index in [1.165, 1.54) is 0 Å². The maximum atomic E-state index is 12.5. The zero-order valence-electron chi connectivity index (χ0n) is 10.4. The molecule has 1 fully saturated rings. The third kappa shape index (κ3) is 2.83. The fourth-order valence-corrected chi connectivity index (χ4v) is 2.28.